The molecule has 13 rings (SSSR count). The fourth-order valence-corrected chi connectivity index (χ4v) is 12.1. The van der Waals surface area contributed by atoms with Gasteiger partial charge in [-0.1, -0.05) is 207 Å². The van der Waals surface area contributed by atoms with Crippen LogP contribution < -0.4 is 4.90 Å². The average molecular weight is 874 g/mol. The number of furan rings is 1. The van der Waals surface area contributed by atoms with E-state index in [1.165, 1.54) is 98.5 Å². The van der Waals surface area contributed by atoms with Gasteiger partial charge in [-0.25, -0.2) is 0 Å². The number of anilines is 3. The summed E-state index contributed by atoms with van der Waals surface area (Å²) in [4.78, 5) is 2.52. The van der Waals surface area contributed by atoms with Crippen LogP contribution in [-0.4, -0.2) is 0 Å². The molecule has 0 spiro atoms. The Hall–Kier alpha value is -7.94. The third-order valence-corrected chi connectivity index (χ3v) is 15.4. The highest BCUT2D eigenvalue weighted by molar-refractivity contribution is 6.10. The lowest BCUT2D eigenvalue weighted by Gasteiger charge is -2.31. The summed E-state index contributed by atoms with van der Waals surface area (Å²) in [6, 6.07) is 83.2. The number of hydrogen-bond acceptors (Lipinski definition) is 2. The first-order chi connectivity index (χ1) is 33.6. The molecule has 1 fully saturated rings. The molecule has 1 unspecified atom stereocenters. The van der Waals surface area contributed by atoms with Crippen LogP contribution in [0, 0.1) is 0 Å². The molecule has 2 aliphatic rings. The zero-order valence-corrected chi connectivity index (χ0v) is 38.3. The second kappa shape index (κ2) is 16.4. The van der Waals surface area contributed by atoms with Gasteiger partial charge >= 0.3 is 0 Å². The molecule has 2 aliphatic carbocycles. The lowest BCUT2D eigenvalue weighted by atomic mass is 9.74. The quantitative estimate of drug-likeness (QED) is 0.151. The maximum absolute atomic E-state index is 6.66. The second-order valence-electron chi connectivity index (χ2n) is 19.1. The molecular weight excluding hydrogens is 823 g/mol. The first kappa shape index (κ1) is 40.3. The number of nitrogens with zero attached hydrogens (tertiary/aromatic N) is 1. The van der Waals surface area contributed by atoms with Crippen LogP contribution in [0.25, 0.3) is 77.2 Å². The van der Waals surface area contributed by atoms with Gasteiger partial charge in [-0.2, -0.15) is 0 Å². The third-order valence-electron chi connectivity index (χ3n) is 15.4. The van der Waals surface area contributed by atoms with E-state index in [0.717, 1.165) is 50.1 Å². The number of para-hydroxylation sites is 4. The number of benzene rings is 10. The monoisotopic (exact) mass is 873 g/mol. The van der Waals surface area contributed by atoms with E-state index in [9.17, 15) is 0 Å². The minimum atomic E-state index is -0.319. The maximum Gasteiger partial charge on any atom is 0.143 e. The van der Waals surface area contributed by atoms with Crippen molar-refractivity contribution in [2.45, 2.75) is 50.4 Å². The second-order valence-corrected chi connectivity index (χ2v) is 19.1. The summed E-state index contributed by atoms with van der Waals surface area (Å²) in [5, 5.41) is 4.94. The fraction of sp³-hybridized carbons (Fsp3) is 0.121. The molecule has 0 amide bonds. The van der Waals surface area contributed by atoms with Crippen molar-refractivity contribution in [2.24, 2.45) is 0 Å². The predicted molar refractivity (Wildman–Crippen MR) is 285 cm³/mol. The SMILES string of the molecule is CC1(c2ccccc2)c2ccccc2-c2ccc(-c3ccccc3N(c3cccc(-c4cccc5c4oc4ccccc45)c3)c3ccccc3-c3cccc4cccc(C5CCCCC5)c34)cc21. The maximum atomic E-state index is 6.66. The number of fused-ring (bicyclic) bond motifs is 7. The molecule has 1 saturated carbocycles. The minimum Gasteiger partial charge on any atom is -0.455 e. The molecule has 0 saturated heterocycles. The van der Waals surface area contributed by atoms with Gasteiger partial charge in [0, 0.05) is 38.6 Å². The van der Waals surface area contributed by atoms with E-state index >= 15 is 0 Å². The number of rotatable bonds is 8. The summed E-state index contributed by atoms with van der Waals surface area (Å²) < 4.78 is 6.66. The van der Waals surface area contributed by atoms with E-state index in [2.05, 4.69) is 230 Å². The molecule has 10 aromatic carbocycles. The Kier molecular flexibility index (Phi) is 9.75. The van der Waals surface area contributed by atoms with Crippen molar-refractivity contribution in [1.29, 1.82) is 0 Å². The molecule has 68 heavy (non-hydrogen) atoms. The highest BCUT2D eigenvalue weighted by Gasteiger charge is 2.41. The molecule has 11 aromatic rings. The smallest absolute Gasteiger partial charge is 0.143 e. The van der Waals surface area contributed by atoms with Crippen molar-refractivity contribution < 1.29 is 4.42 Å². The van der Waals surface area contributed by atoms with Crippen molar-refractivity contribution in [1.82, 2.24) is 0 Å². The van der Waals surface area contributed by atoms with Crippen LogP contribution in [0.3, 0.4) is 0 Å². The topological polar surface area (TPSA) is 16.4 Å². The summed E-state index contributed by atoms with van der Waals surface area (Å²) >= 11 is 0. The predicted octanol–water partition coefficient (Wildman–Crippen LogP) is 18.6. The highest BCUT2D eigenvalue weighted by Crippen LogP contribution is 2.54. The minimum absolute atomic E-state index is 0.319. The van der Waals surface area contributed by atoms with E-state index < -0.39 is 0 Å². The van der Waals surface area contributed by atoms with Crippen molar-refractivity contribution >= 4 is 49.8 Å². The molecular formula is C66H51NO. The van der Waals surface area contributed by atoms with Gasteiger partial charge in [-0.05, 0) is 123 Å². The van der Waals surface area contributed by atoms with Crippen LogP contribution in [0.1, 0.15) is 67.2 Å². The highest BCUT2D eigenvalue weighted by atomic mass is 16.3. The molecule has 326 valence electrons. The van der Waals surface area contributed by atoms with Crippen LogP contribution in [-0.2, 0) is 5.41 Å². The lowest BCUT2D eigenvalue weighted by Crippen LogP contribution is -2.22. The Morgan fingerprint density at radius 1 is 0.441 bits per heavy atom. The van der Waals surface area contributed by atoms with Crippen LogP contribution in [0.15, 0.2) is 229 Å². The molecule has 0 bridgehead atoms. The normalized spacial score (nSPS) is 15.7. The van der Waals surface area contributed by atoms with Crippen molar-refractivity contribution in [3.63, 3.8) is 0 Å². The van der Waals surface area contributed by atoms with Gasteiger partial charge < -0.3 is 9.32 Å². The van der Waals surface area contributed by atoms with E-state index in [4.69, 9.17) is 4.42 Å². The van der Waals surface area contributed by atoms with Gasteiger partial charge in [0.05, 0.1) is 11.4 Å². The lowest BCUT2D eigenvalue weighted by molar-refractivity contribution is 0.445. The van der Waals surface area contributed by atoms with Crippen LogP contribution >= 0.6 is 0 Å². The van der Waals surface area contributed by atoms with Gasteiger partial charge in [-0.3, -0.25) is 0 Å². The van der Waals surface area contributed by atoms with E-state index in [-0.39, 0.29) is 5.41 Å². The molecule has 2 heteroatoms. The van der Waals surface area contributed by atoms with Crippen LogP contribution in [0.2, 0.25) is 0 Å². The van der Waals surface area contributed by atoms with Gasteiger partial charge in [0.25, 0.3) is 0 Å². The van der Waals surface area contributed by atoms with Gasteiger partial charge in [0.2, 0.25) is 0 Å². The molecule has 2 nitrogen and oxygen atoms in total. The molecule has 1 heterocycles. The first-order valence-corrected chi connectivity index (χ1v) is 24.4. The summed E-state index contributed by atoms with van der Waals surface area (Å²) in [5.74, 6) is 0.558. The summed E-state index contributed by atoms with van der Waals surface area (Å²) in [6.07, 6.45) is 6.41. The van der Waals surface area contributed by atoms with E-state index in [0.29, 0.717) is 5.92 Å². The Labute approximate surface area is 398 Å². The fourth-order valence-electron chi connectivity index (χ4n) is 12.1. The molecule has 1 aromatic heterocycles. The molecule has 1 atom stereocenters. The largest absolute Gasteiger partial charge is 0.455 e. The molecule has 0 N–H and O–H groups in total. The van der Waals surface area contributed by atoms with E-state index in [1.54, 1.807) is 0 Å². The van der Waals surface area contributed by atoms with Crippen LogP contribution in [0.5, 0.6) is 0 Å². The van der Waals surface area contributed by atoms with Crippen molar-refractivity contribution in [3.8, 4) is 44.5 Å². The Morgan fingerprint density at radius 2 is 1.06 bits per heavy atom. The summed E-state index contributed by atoms with van der Waals surface area (Å²) in [7, 11) is 0. The zero-order chi connectivity index (χ0) is 45.2. The first-order valence-electron chi connectivity index (χ1n) is 24.4. The molecule has 0 aliphatic heterocycles. The Bertz CT molecular complexity index is 3700. The summed E-state index contributed by atoms with van der Waals surface area (Å²) in [6.45, 7) is 2.41. The van der Waals surface area contributed by atoms with Crippen molar-refractivity contribution in [3.05, 3.63) is 247 Å². The van der Waals surface area contributed by atoms with Gasteiger partial charge in [0.1, 0.15) is 11.2 Å². The van der Waals surface area contributed by atoms with E-state index in [1.807, 2.05) is 6.07 Å². The van der Waals surface area contributed by atoms with Gasteiger partial charge in [-0.15, -0.1) is 0 Å². The molecule has 0 radical (unpaired) electrons. The number of hydrogen-bond donors (Lipinski definition) is 0. The Morgan fingerprint density at radius 3 is 1.91 bits per heavy atom. The zero-order valence-electron chi connectivity index (χ0n) is 38.3. The third kappa shape index (κ3) is 6.46. The van der Waals surface area contributed by atoms with Crippen molar-refractivity contribution in [2.75, 3.05) is 4.90 Å². The standard InChI is InChI=1S/C66H51NO/c1-66(48-25-6-3-7-26-48)59-36-12-8-29-53(59)54-41-40-47(43-60(54)66)50-28-9-13-37-61(50)67(49-27-16-24-46(42-49)52-33-19-35-58-56-31-11-15-39-63(56)68-65(52)58)62-38-14-10-30-55(62)57-34-18-23-45-22-17-32-51(64(45)57)44-20-4-2-5-21-44/h3,6-19,22-44H,2,4-5,20-21H2,1H3. The Balaban J connectivity index is 1.04. The van der Waals surface area contributed by atoms with Crippen LogP contribution in [0.4, 0.5) is 17.1 Å². The average Bonchev–Trinajstić information content (AvgIpc) is 3.92. The van der Waals surface area contributed by atoms with Gasteiger partial charge in [0.15, 0.2) is 0 Å². The summed E-state index contributed by atoms with van der Waals surface area (Å²) in [5.41, 5.74) is 19.9.